The number of amides is 2. The average Bonchev–Trinajstić information content (AvgIpc) is 2.48. The highest BCUT2D eigenvalue weighted by molar-refractivity contribution is 9.10. The van der Waals surface area contributed by atoms with Gasteiger partial charge >= 0.3 is 12.0 Å². The molecular formula is C15H19BrN2O3. The van der Waals surface area contributed by atoms with Gasteiger partial charge in [-0.2, -0.15) is 0 Å². The number of benzene rings is 1. The summed E-state index contributed by atoms with van der Waals surface area (Å²) in [5.74, 6) is -0.547. The van der Waals surface area contributed by atoms with Gasteiger partial charge in [-0.15, -0.1) is 0 Å². The molecule has 2 amide bonds. The summed E-state index contributed by atoms with van der Waals surface area (Å²) in [6.07, 6.45) is 3.11. The number of carboxylic acids is 1. The number of hydrogen-bond donors (Lipinski definition) is 3. The molecule has 0 aliphatic heterocycles. The fourth-order valence-electron chi connectivity index (χ4n) is 2.58. The number of rotatable bonds is 4. The fourth-order valence-corrected chi connectivity index (χ4v) is 2.96. The van der Waals surface area contributed by atoms with Crippen molar-refractivity contribution in [3.8, 4) is 0 Å². The van der Waals surface area contributed by atoms with Crippen LogP contribution in [0.2, 0.25) is 0 Å². The summed E-state index contributed by atoms with van der Waals surface area (Å²) in [5, 5.41) is 14.6. The highest BCUT2D eigenvalue weighted by Crippen LogP contribution is 2.28. The smallest absolute Gasteiger partial charge is 0.319 e. The van der Waals surface area contributed by atoms with Gasteiger partial charge < -0.3 is 15.7 Å². The third-order valence-corrected chi connectivity index (χ3v) is 4.56. The number of carbonyl (C=O) groups is 2. The molecule has 1 aliphatic carbocycles. The van der Waals surface area contributed by atoms with Gasteiger partial charge in [-0.05, 0) is 59.7 Å². The Morgan fingerprint density at radius 1 is 1.19 bits per heavy atom. The van der Waals surface area contributed by atoms with Crippen molar-refractivity contribution in [1.29, 1.82) is 0 Å². The SMILES string of the molecule is O=C(NCC1CCC(C(=O)O)CC1)Nc1ccccc1Br. The van der Waals surface area contributed by atoms with E-state index in [4.69, 9.17) is 5.11 Å². The Balaban J connectivity index is 1.73. The summed E-state index contributed by atoms with van der Waals surface area (Å²) < 4.78 is 0.835. The zero-order valence-corrected chi connectivity index (χ0v) is 13.2. The van der Waals surface area contributed by atoms with Crippen LogP contribution in [0.25, 0.3) is 0 Å². The Morgan fingerprint density at radius 2 is 1.86 bits per heavy atom. The number of carboxylic acid groups (broad SMARTS) is 1. The number of urea groups is 1. The molecule has 1 saturated carbocycles. The molecule has 1 aromatic carbocycles. The largest absolute Gasteiger partial charge is 0.481 e. The zero-order chi connectivity index (χ0) is 15.2. The number of halogens is 1. The molecule has 21 heavy (non-hydrogen) atoms. The second-order valence-electron chi connectivity index (χ2n) is 5.37. The van der Waals surface area contributed by atoms with Crippen LogP contribution >= 0.6 is 15.9 Å². The van der Waals surface area contributed by atoms with E-state index in [1.165, 1.54) is 0 Å². The molecule has 0 bridgehead atoms. The van der Waals surface area contributed by atoms with Crippen molar-refractivity contribution in [3.63, 3.8) is 0 Å². The maximum Gasteiger partial charge on any atom is 0.319 e. The van der Waals surface area contributed by atoms with Gasteiger partial charge in [0.1, 0.15) is 0 Å². The number of anilines is 1. The first kappa shape index (κ1) is 15.8. The lowest BCUT2D eigenvalue weighted by Crippen LogP contribution is -2.35. The lowest BCUT2D eigenvalue weighted by molar-refractivity contribution is -0.143. The second kappa shape index (κ2) is 7.45. The third-order valence-electron chi connectivity index (χ3n) is 3.87. The Labute approximate surface area is 132 Å². The highest BCUT2D eigenvalue weighted by atomic mass is 79.9. The number of carbonyl (C=O) groups excluding carboxylic acids is 1. The first-order valence-corrected chi connectivity index (χ1v) is 7.87. The molecule has 1 aliphatic rings. The van der Waals surface area contributed by atoms with E-state index in [9.17, 15) is 9.59 Å². The molecule has 2 rings (SSSR count). The molecule has 0 heterocycles. The van der Waals surface area contributed by atoms with Crippen molar-refractivity contribution >= 4 is 33.6 Å². The maximum absolute atomic E-state index is 11.8. The van der Waals surface area contributed by atoms with Gasteiger partial charge in [0.15, 0.2) is 0 Å². The highest BCUT2D eigenvalue weighted by Gasteiger charge is 2.25. The minimum absolute atomic E-state index is 0.213. The molecule has 5 nitrogen and oxygen atoms in total. The van der Waals surface area contributed by atoms with Crippen LogP contribution in [0.1, 0.15) is 25.7 Å². The standard InChI is InChI=1S/C15H19BrN2O3/c16-12-3-1-2-4-13(12)18-15(21)17-9-10-5-7-11(8-6-10)14(19)20/h1-4,10-11H,5-9H2,(H,19,20)(H2,17,18,21). The van der Waals surface area contributed by atoms with Gasteiger partial charge in [-0.1, -0.05) is 12.1 Å². The quantitative estimate of drug-likeness (QED) is 0.774. The molecule has 3 N–H and O–H groups in total. The second-order valence-corrected chi connectivity index (χ2v) is 6.23. The van der Waals surface area contributed by atoms with E-state index in [0.717, 1.165) is 23.0 Å². The molecule has 0 aromatic heterocycles. The van der Waals surface area contributed by atoms with Gasteiger partial charge in [-0.3, -0.25) is 4.79 Å². The van der Waals surface area contributed by atoms with Gasteiger partial charge in [0.25, 0.3) is 0 Å². The van der Waals surface area contributed by atoms with Crippen LogP contribution in [0.4, 0.5) is 10.5 Å². The summed E-state index contributed by atoms with van der Waals surface area (Å²) in [5.41, 5.74) is 0.726. The predicted molar refractivity (Wildman–Crippen MR) is 84.2 cm³/mol. The molecule has 0 atom stereocenters. The van der Waals surface area contributed by atoms with E-state index < -0.39 is 5.97 Å². The summed E-state index contributed by atoms with van der Waals surface area (Å²) in [4.78, 5) is 22.7. The summed E-state index contributed by atoms with van der Waals surface area (Å²) in [7, 11) is 0. The summed E-state index contributed by atoms with van der Waals surface area (Å²) in [6.45, 7) is 0.586. The molecular weight excluding hydrogens is 336 g/mol. The van der Waals surface area contributed by atoms with Crippen LogP contribution in [0, 0.1) is 11.8 Å². The summed E-state index contributed by atoms with van der Waals surface area (Å²) >= 11 is 3.37. The summed E-state index contributed by atoms with van der Waals surface area (Å²) in [6, 6.07) is 7.19. The van der Waals surface area contributed by atoms with Crippen molar-refractivity contribution in [2.24, 2.45) is 11.8 Å². The molecule has 0 spiro atoms. The molecule has 1 fully saturated rings. The lowest BCUT2D eigenvalue weighted by atomic mass is 9.82. The maximum atomic E-state index is 11.8. The first-order chi connectivity index (χ1) is 10.1. The monoisotopic (exact) mass is 354 g/mol. The minimum Gasteiger partial charge on any atom is -0.481 e. The van der Waals surface area contributed by atoms with Crippen molar-refractivity contribution < 1.29 is 14.7 Å². The van der Waals surface area contributed by atoms with Crippen LogP contribution in [-0.2, 0) is 4.79 Å². The van der Waals surface area contributed by atoms with Crippen LogP contribution in [0.5, 0.6) is 0 Å². The van der Waals surface area contributed by atoms with Gasteiger partial charge in [0.2, 0.25) is 0 Å². The molecule has 0 saturated heterocycles. The molecule has 0 unspecified atom stereocenters. The molecule has 6 heteroatoms. The Hall–Kier alpha value is -1.56. The Bertz CT molecular complexity index is 513. The van der Waals surface area contributed by atoms with Gasteiger partial charge in [0.05, 0.1) is 11.6 Å². The Morgan fingerprint density at radius 3 is 2.48 bits per heavy atom. The van der Waals surface area contributed by atoms with Crippen molar-refractivity contribution in [2.75, 3.05) is 11.9 Å². The lowest BCUT2D eigenvalue weighted by Gasteiger charge is -2.26. The minimum atomic E-state index is -0.701. The average molecular weight is 355 g/mol. The third kappa shape index (κ3) is 4.74. The van der Waals surface area contributed by atoms with E-state index >= 15 is 0 Å². The molecule has 114 valence electrons. The topological polar surface area (TPSA) is 78.4 Å². The van der Waals surface area contributed by atoms with Gasteiger partial charge in [0, 0.05) is 11.0 Å². The molecule has 1 aromatic rings. The predicted octanol–water partition coefficient (Wildman–Crippen LogP) is 3.46. The van der Waals surface area contributed by atoms with E-state index in [1.807, 2.05) is 24.3 Å². The van der Waals surface area contributed by atoms with E-state index in [1.54, 1.807) is 0 Å². The van der Waals surface area contributed by atoms with Gasteiger partial charge in [-0.25, -0.2) is 4.79 Å². The fraction of sp³-hybridized carbons (Fsp3) is 0.467. The Kier molecular flexibility index (Phi) is 5.61. The number of nitrogens with one attached hydrogen (secondary N) is 2. The normalized spacial score (nSPS) is 21.6. The van der Waals surface area contributed by atoms with Crippen LogP contribution in [0.3, 0.4) is 0 Å². The van der Waals surface area contributed by atoms with E-state index in [-0.39, 0.29) is 11.9 Å². The van der Waals surface area contributed by atoms with Crippen molar-refractivity contribution in [3.05, 3.63) is 28.7 Å². The van der Waals surface area contributed by atoms with Crippen LogP contribution in [0.15, 0.2) is 28.7 Å². The number of aliphatic carboxylic acids is 1. The van der Waals surface area contributed by atoms with E-state index in [2.05, 4.69) is 26.6 Å². The van der Waals surface area contributed by atoms with Crippen molar-refractivity contribution in [2.45, 2.75) is 25.7 Å². The zero-order valence-electron chi connectivity index (χ0n) is 11.6. The van der Waals surface area contributed by atoms with Crippen LogP contribution < -0.4 is 10.6 Å². The number of hydrogen-bond acceptors (Lipinski definition) is 2. The first-order valence-electron chi connectivity index (χ1n) is 7.08. The number of para-hydroxylation sites is 1. The van der Waals surface area contributed by atoms with Crippen LogP contribution in [-0.4, -0.2) is 23.7 Å². The van der Waals surface area contributed by atoms with E-state index in [0.29, 0.717) is 25.3 Å². The van der Waals surface area contributed by atoms with Crippen molar-refractivity contribution in [1.82, 2.24) is 5.32 Å². The molecule has 0 radical (unpaired) electrons.